The van der Waals surface area contributed by atoms with Gasteiger partial charge in [-0.25, -0.2) is 0 Å². The van der Waals surface area contributed by atoms with Crippen molar-refractivity contribution in [2.75, 3.05) is 0 Å². The van der Waals surface area contributed by atoms with Gasteiger partial charge in [-0.05, 0) is 42.0 Å². The fourth-order valence-corrected chi connectivity index (χ4v) is 2.55. The Morgan fingerprint density at radius 1 is 0.958 bits per heavy atom. The molecule has 0 aliphatic heterocycles. The summed E-state index contributed by atoms with van der Waals surface area (Å²) in [5.41, 5.74) is 10.1. The van der Waals surface area contributed by atoms with Gasteiger partial charge in [0.1, 0.15) is 6.04 Å². The van der Waals surface area contributed by atoms with Gasteiger partial charge in [0.2, 0.25) is 0 Å². The third kappa shape index (κ3) is 5.23. The predicted molar refractivity (Wildman–Crippen MR) is 94.5 cm³/mol. The molecular formula is C20H23N2O2. The van der Waals surface area contributed by atoms with Crippen molar-refractivity contribution in [3.8, 4) is 0 Å². The number of rotatable bonds is 7. The van der Waals surface area contributed by atoms with Crippen LogP contribution in [0.5, 0.6) is 0 Å². The lowest BCUT2D eigenvalue weighted by atomic mass is 10.0. The van der Waals surface area contributed by atoms with Crippen molar-refractivity contribution in [2.24, 2.45) is 5.92 Å². The second-order valence-corrected chi connectivity index (χ2v) is 6.38. The van der Waals surface area contributed by atoms with Crippen LogP contribution in [0.1, 0.15) is 41.8 Å². The lowest BCUT2D eigenvalue weighted by Gasteiger charge is -2.17. The third-order valence-electron chi connectivity index (χ3n) is 3.80. The molecule has 0 fully saturated rings. The molecule has 0 heterocycles. The van der Waals surface area contributed by atoms with Gasteiger partial charge in [0.05, 0.1) is 0 Å². The summed E-state index contributed by atoms with van der Waals surface area (Å²) in [6, 6.07) is 16.7. The second-order valence-electron chi connectivity index (χ2n) is 6.38. The van der Waals surface area contributed by atoms with E-state index in [1.165, 1.54) is 5.56 Å². The van der Waals surface area contributed by atoms with E-state index in [-0.39, 0.29) is 11.8 Å². The molecule has 2 rings (SSSR count). The van der Waals surface area contributed by atoms with Crippen LogP contribution in [0.4, 0.5) is 0 Å². The van der Waals surface area contributed by atoms with Crippen LogP contribution in [0.2, 0.25) is 0 Å². The molecule has 24 heavy (non-hydrogen) atoms. The van der Waals surface area contributed by atoms with Crippen LogP contribution in [-0.4, -0.2) is 17.9 Å². The highest BCUT2D eigenvalue weighted by Gasteiger charge is 2.20. The fraction of sp³-hybridized carbons (Fsp3) is 0.300. The maximum absolute atomic E-state index is 12.3. The van der Waals surface area contributed by atoms with Gasteiger partial charge in [0, 0.05) is 5.56 Å². The number of carbonyl (C=O) groups excluding carboxylic acids is 2. The van der Waals surface area contributed by atoms with Crippen LogP contribution < -0.4 is 11.1 Å². The summed E-state index contributed by atoms with van der Waals surface area (Å²) in [6.07, 6.45) is 1.28. The standard InChI is InChI=1S/C20H23N2O2/c1-14(2)12-18(19(21)23)22-20(24)17-10-8-16(9-11-17)13-15-6-4-3-5-7-15/h3-11,14,18,21H,12-13H2,1-2H3,(H,22,24)/t18-/m0/s1. The summed E-state index contributed by atoms with van der Waals surface area (Å²) >= 11 is 0. The molecule has 0 unspecified atom stereocenters. The first-order chi connectivity index (χ1) is 11.5. The Morgan fingerprint density at radius 3 is 2.08 bits per heavy atom. The first-order valence-electron chi connectivity index (χ1n) is 8.15. The van der Waals surface area contributed by atoms with Crippen molar-refractivity contribution in [3.63, 3.8) is 0 Å². The summed E-state index contributed by atoms with van der Waals surface area (Å²) in [5, 5.41) is 2.66. The quantitative estimate of drug-likeness (QED) is 0.850. The zero-order valence-electron chi connectivity index (χ0n) is 14.1. The highest BCUT2D eigenvalue weighted by atomic mass is 16.2. The molecule has 2 amide bonds. The first-order valence-corrected chi connectivity index (χ1v) is 8.15. The first kappa shape index (κ1) is 17.7. The van der Waals surface area contributed by atoms with Crippen molar-refractivity contribution >= 4 is 11.8 Å². The summed E-state index contributed by atoms with van der Waals surface area (Å²) in [7, 11) is 0. The molecule has 4 heteroatoms. The average molecular weight is 323 g/mol. The van der Waals surface area contributed by atoms with E-state index in [2.05, 4.69) is 17.4 Å². The van der Waals surface area contributed by atoms with E-state index in [9.17, 15) is 9.59 Å². The molecule has 2 N–H and O–H groups in total. The van der Waals surface area contributed by atoms with E-state index in [4.69, 9.17) is 5.73 Å². The number of hydrogen-bond acceptors (Lipinski definition) is 2. The molecule has 1 radical (unpaired) electrons. The predicted octanol–water partition coefficient (Wildman–Crippen LogP) is 3.23. The Labute approximate surface area is 143 Å². The minimum atomic E-state index is -0.752. The van der Waals surface area contributed by atoms with Crippen molar-refractivity contribution in [1.82, 2.24) is 11.1 Å². The van der Waals surface area contributed by atoms with E-state index < -0.39 is 11.9 Å². The Kier molecular flexibility index (Phi) is 6.13. The maximum Gasteiger partial charge on any atom is 0.260 e. The minimum absolute atomic E-state index is 0.234. The van der Waals surface area contributed by atoms with E-state index >= 15 is 0 Å². The van der Waals surface area contributed by atoms with Crippen LogP contribution in [0.3, 0.4) is 0 Å². The van der Waals surface area contributed by atoms with Gasteiger partial charge >= 0.3 is 0 Å². The summed E-state index contributed by atoms with van der Waals surface area (Å²) in [6.45, 7) is 3.92. The maximum atomic E-state index is 12.3. The van der Waals surface area contributed by atoms with Gasteiger partial charge in [-0.2, -0.15) is 0 Å². The van der Waals surface area contributed by atoms with Crippen molar-refractivity contribution < 1.29 is 9.59 Å². The third-order valence-corrected chi connectivity index (χ3v) is 3.80. The van der Waals surface area contributed by atoms with E-state index in [1.807, 2.05) is 44.2 Å². The van der Waals surface area contributed by atoms with Gasteiger partial charge < -0.3 is 5.32 Å². The number of carbonyl (C=O) groups is 2. The number of amides is 2. The Hall–Kier alpha value is -2.62. The summed E-state index contributed by atoms with van der Waals surface area (Å²) in [5.74, 6) is -0.830. The normalized spacial score (nSPS) is 12.0. The van der Waals surface area contributed by atoms with Crippen molar-refractivity contribution in [2.45, 2.75) is 32.7 Å². The smallest absolute Gasteiger partial charge is 0.260 e. The molecule has 0 aromatic heterocycles. The van der Waals surface area contributed by atoms with Crippen LogP contribution in [-0.2, 0) is 11.2 Å². The monoisotopic (exact) mass is 323 g/mol. The Bertz CT molecular complexity index is 679. The topological polar surface area (TPSA) is 70.0 Å². The second kappa shape index (κ2) is 8.29. The molecular weight excluding hydrogens is 300 g/mol. The minimum Gasteiger partial charge on any atom is -0.340 e. The Balaban J connectivity index is 2.01. The lowest BCUT2D eigenvalue weighted by Crippen LogP contribution is -2.42. The molecule has 1 atom stereocenters. The molecule has 125 valence electrons. The van der Waals surface area contributed by atoms with Crippen LogP contribution >= 0.6 is 0 Å². The molecule has 0 aliphatic rings. The molecule has 0 bridgehead atoms. The molecule has 4 nitrogen and oxygen atoms in total. The van der Waals surface area contributed by atoms with E-state index in [0.717, 1.165) is 12.0 Å². The Morgan fingerprint density at radius 2 is 1.54 bits per heavy atom. The van der Waals surface area contributed by atoms with Gasteiger partial charge in [0.15, 0.2) is 0 Å². The van der Waals surface area contributed by atoms with Gasteiger partial charge in [-0.3, -0.25) is 15.3 Å². The average Bonchev–Trinajstić information content (AvgIpc) is 2.55. The van der Waals surface area contributed by atoms with Crippen molar-refractivity contribution in [3.05, 3.63) is 71.3 Å². The van der Waals surface area contributed by atoms with E-state index in [0.29, 0.717) is 12.0 Å². The molecule has 0 saturated heterocycles. The summed E-state index contributed by atoms with van der Waals surface area (Å²) in [4.78, 5) is 23.6. The van der Waals surface area contributed by atoms with Crippen LogP contribution in [0, 0.1) is 5.92 Å². The van der Waals surface area contributed by atoms with Crippen molar-refractivity contribution in [1.29, 1.82) is 0 Å². The van der Waals surface area contributed by atoms with Crippen LogP contribution in [0.25, 0.3) is 0 Å². The molecule has 2 aromatic rings. The highest BCUT2D eigenvalue weighted by molar-refractivity contribution is 5.97. The highest BCUT2D eigenvalue weighted by Crippen LogP contribution is 2.12. The summed E-state index contributed by atoms with van der Waals surface area (Å²) < 4.78 is 0. The fourth-order valence-electron chi connectivity index (χ4n) is 2.55. The molecule has 0 saturated carbocycles. The molecule has 0 spiro atoms. The molecule has 2 aromatic carbocycles. The zero-order valence-corrected chi connectivity index (χ0v) is 14.1. The van der Waals surface area contributed by atoms with E-state index in [1.54, 1.807) is 12.1 Å². The zero-order chi connectivity index (χ0) is 17.5. The van der Waals surface area contributed by atoms with Gasteiger partial charge in [-0.15, -0.1) is 0 Å². The number of benzene rings is 2. The largest absolute Gasteiger partial charge is 0.340 e. The number of nitrogens with one attached hydrogen (secondary N) is 2. The van der Waals surface area contributed by atoms with Gasteiger partial charge in [-0.1, -0.05) is 56.3 Å². The number of hydrogen-bond donors (Lipinski definition) is 1. The lowest BCUT2D eigenvalue weighted by molar-refractivity contribution is -0.120. The van der Waals surface area contributed by atoms with Crippen LogP contribution in [0.15, 0.2) is 54.6 Å². The SMILES string of the molecule is CC(C)C[C@H](NC(=O)c1ccc(Cc2ccccc2)cc1)C([NH])=O. The van der Waals surface area contributed by atoms with Gasteiger partial charge in [0.25, 0.3) is 11.8 Å². The molecule has 0 aliphatic carbocycles.